The van der Waals surface area contributed by atoms with Gasteiger partial charge in [0.1, 0.15) is 0 Å². The molecule has 3 rings (SSSR count). The number of hydrogen-bond acceptors (Lipinski definition) is 2. The Morgan fingerprint density at radius 1 is 1.39 bits per heavy atom. The summed E-state index contributed by atoms with van der Waals surface area (Å²) in [6, 6.07) is 8.57. The van der Waals surface area contributed by atoms with Crippen molar-refractivity contribution in [1.29, 1.82) is 0 Å². The highest BCUT2D eigenvalue weighted by Crippen LogP contribution is 2.33. The van der Waals surface area contributed by atoms with E-state index in [0.29, 0.717) is 12.0 Å². The molecule has 0 saturated heterocycles. The Morgan fingerprint density at radius 2 is 2.17 bits per heavy atom. The molecular weight excluding hydrogens is 224 g/mol. The maximum atomic E-state index is 12.4. The fourth-order valence-corrected chi connectivity index (χ4v) is 2.77. The van der Waals surface area contributed by atoms with E-state index in [0.717, 1.165) is 13.1 Å². The van der Waals surface area contributed by atoms with Crippen LogP contribution in [0.3, 0.4) is 0 Å². The van der Waals surface area contributed by atoms with Crippen LogP contribution in [0.1, 0.15) is 36.8 Å². The van der Waals surface area contributed by atoms with Gasteiger partial charge in [0.25, 0.3) is 0 Å². The summed E-state index contributed by atoms with van der Waals surface area (Å²) in [5.74, 6) is 0.853. The first-order valence-electron chi connectivity index (χ1n) is 6.84. The van der Waals surface area contributed by atoms with Crippen LogP contribution in [0.5, 0.6) is 0 Å². The van der Waals surface area contributed by atoms with Crippen LogP contribution in [0.2, 0.25) is 0 Å². The number of nitrogens with one attached hydrogen (secondary N) is 2. The van der Waals surface area contributed by atoms with Crippen molar-refractivity contribution in [2.75, 3.05) is 6.54 Å². The molecule has 1 aliphatic heterocycles. The van der Waals surface area contributed by atoms with Crippen molar-refractivity contribution in [3.8, 4) is 0 Å². The number of carbonyl (C=O) groups excluding carboxylic acids is 1. The lowest BCUT2D eigenvalue weighted by Gasteiger charge is -2.27. The van der Waals surface area contributed by atoms with Crippen molar-refractivity contribution in [3.63, 3.8) is 0 Å². The molecule has 0 radical (unpaired) electrons. The van der Waals surface area contributed by atoms with E-state index in [1.165, 1.54) is 24.0 Å². The van der Waals surface area contributed by atoms with Gasteiger partial charge in [-0.05, 0) is 36.8 Å². The van der Waals surface area contributed by atoms with Gasteiger partial charge in [-0.3, -0.25) is 4.79 Å². The molecule has 0 aromatic heterocycles. The molecule has 96 valence electrons. The van der Waals surface area contributed by atoms with E-state index in [9.17, 15) is 4.79 Å². The molecule has 1 aromatic carbocycles. The molecule has 3 nitrogen and oxygen atoms in total. The number of carbonyl (C=O) groups is 1. The van der Waals surface area contributed by atoms with Gasteiger partial charge in [-0.25, -0.2) is 0 Å². The lowest BCUT2D eigenvalue weighted by Crippen LogP contribution is -2.42. The molecular formula is C15H20N2O. The van der Waals surface area contributed by atoms with Crippen LogP contribution in [0.15, 0.2) is 24.3 Å². The summed E-state index contributed by atoms with van der Waals surface area (Å²) < 4.78 is 0. The fourth-order valence-electron chi connectivity index (χ4n) is 2.77. The summed E-state index contributed by atoms with van der Waals surface area (Å²) in [6.07, 6.45) is 2.53. The lowest BCUT2D eigenvalue weighted by atomic mass is 9.90. The molecule has 18 heavy (non-hydrogen) atoms. The Morgan fingerprint density at radius 3 is 2.94 bits per heavy atom. The Kier molecular flexibility index (Phi) is 3.08. The largest absolute Gasteiger partial charge is 0.353 e. The molecule has 1 fully saturated rings. The highest BCUT2D eigenvalue weighted by molar-refractivity contribution is 5.85. The quantitative estimate of drug-likeness (QED) is 0.851. The predicted molar refractivity (Wildman–Crippen MR) is 71.2 cm³/mol. The second-order valence-corrected chi connectivity index (χ2v) is 5.52. The van der Waals surface area contributed by atoms with Crippen LogP contribution < -0.4 is 10.6 Å². The Bertz CT molecular complexity index is 454. The molecule has 3 heteroatoms. The highest BCUT2D eigenvalue weighted by Gasteiger charge is 2.32. The van der Waals surface area contributed by atoms with Gasteiger partial charge in [-0.2, -0.15) is 0 Å². The van der Waals surface area contributed by atoms with E-state index < -0.39 is 0 Å². The van der Waals surface area contributed by atoms with Crippen molar-refractivity contribution >= 4 is 5.91 Å². The van der Waals surface area contributed by atoms with Crippen LogP contribution in [0.25, 0.3) is 0 Å². The van der Waals surface area contributed by atoms with Gasteiger partial charge in [0.15, 0.2) is 0 Å². The second-order valence-electron chi connectivity index (χ2n) is 5.52. The zero-order chi connectivity index (χ0) is 12.5. The van der Waals surface area contributed by atoms with Crippen LogP contribution in [0.4, 0.5) is 0 Å². The minimum atomic E-state index is -0.0313. The van der Waals surface area contributed by atoms with Crippen LogP contribution >= 0.6 is 0 Å². The van der Waals surface area contributed by atoms with Crippen molar-refractivity contribution in [3.05, 3.63) is 35.4 Å². The second kappa shape index (κ2) is 4.73. The molecule has 1 aliphatic carbocycles. The topological polar surface area (TPSA) is 41.1 Å². The number of rotatable bonds is 3. The Hall–Kier alpha value is -1.35. The predicted octanol–water partition coefficient (Wildman–Crippen LogP) is 1.79. The summed E-state index contributed by atoms with van der Waals surface area (Å²) in [5, 5.41) is 6.50. The standard InChI is InChI=1S/C15H20N2O/c1-10(11-6-7-11)17-15(18)14-9-16-8-12-4-2-3-5-13(12)14/h2-5,10-11,14,16H,6-9H2,1H3,(H,17,18). The SMILES string of the molecule is CC(NC(=O)C1CNCc2ccccc21)C1CC1. The molecule has 1 amide bonds. The van der Waals surface area contributed by atoms with E-state index in [4.69, 9.17) is 0 Å². The third-order valence-corrected chi connectivity index (χ3v) is 4.11. The Balaban J connectivity index is 1.74. The number of amides is 1. The molecule has 2 atom stereocenters. The van der Waals surface area contributed by atoms with Crippen LogP contribution in [-0.2, 0) is 11.3 Å². The maximum Gasteiger partial charge on any atom is 0.229 e. The van der Waals surface area contributed by atoms with Crippen molar-refractivity contribution in [2.45, 2.75) is 38.3 Å². The zero-order valence-electron chi connectivity index (χ0n) is 10.8. The molecule has 0 spiro atoms. The van der Waals surface area contributed by atoms with Gasteiger partial charge in [0, 0.05) is 19.1 Å². The third-order valence-electron chi connectivity index (χ3n) is 4.11. The summed E-state index contributed by atoms with van der Waals surface area (Å²) in [6.45, 7) is 3.75. The average molecular weight is 244 g/mol. The number of hydrogen-bond donors (Lipinski definition) is 2. The molecule has 1 aromatic rings. The van der Waals surface area contributed by atoms with Gasteiger partial charge in [0.2, 0.25) is 5.91 Å². The normalized spacial score (nSPS) is 24.2. The number of fused-ring (bicyclic) bond motifs is 1. The van der Waals surface area contributed by atoms with Crippen LogP contribution in [0, 0.1) is 5.92 Å². The first kappa shape index (κ1) is 11.7. The average Bonchev–Trinajstić information content (AvgIpc) is 3.22. The van der Waals surface area contributed by atoms with E-state index >= 15 is 0 Å². The molecule has 0 bridgehead atoms. The van der Waals surface area contributed by atoms with Gasteiger partial charge in [0.05, 0.1) is 5.92 Å². The summed E-state index contributed by atoms with van der Waals surface area (Å²) in [5.41, 5.74) is 2.44. The molecule has 1 heterocycles. The summed E-state index contributed by atoms with van der Waals surface area (Å²) >= 11 is 0. The van der Waals surface area contributed by atoms with E-state index in [1.54, 1.807) is 0 Å². The van der Waals surface area contributed by atoms with Gasteiger partial charge >= 0.3 is 0 Å². The highest BCUT2D eigenvalue weighted by atomic mass is 16.2. The zero-order valence-corrected chi connectivity index (χ0v) is 10.8. The minimum absolute atomic E-state index is 0.0313. The molecule has 2 unspecified atom stereocenters. The smallest absolute Gasteiger partial charge is 0.229 e. The molecule has 1 saturated carbocycles. The lowest BCUT2D eigenvalue weighted by molar-refractivity contribution is -0.123. The third kappa shape index (κ3) is 2.27. The van der Waals surface area contributed by atoms with Crippen molar-refractivity contribution in [1.82, 2.24) is 10.6 Å². The number of benzene rings is 1. The monoisotopic (exact) mass is 244 g/mol. The van der Waals surface area contributed by atoms with Crippen molar-refractivity contribution < 1.29 is 4.79 Å². The summed E-state index contributed by atoms with van der Waals surface area (Å²) in [7, 11) is 0. The van der Waals surface area contributed by atoms with E-state index in [1.807, 2.05) is 12.1 Å². The molecule has 2 aliphatic rings. The fraction of sp³-hybridized carbons (Fsp3) is 0.533. The van der Waals surface area contributed by atoms with Gasteiger partial charge in [-0.15, -0.1) is 0 Å². The molecule has 2 N–H and O–H groups in total. The summed E-state index contributed by atoms with van der Waals surface area (Å²) in [4.78, 5) is 12.4. The van der Waals surface area contributed by atoms with Gasteiger partial charge in [-0.1, -0.05) is 24.3 Å². The maximum absolute atomic E-state index is 12.4. The van der Waals surface area contributed by atoms with Gasteiger partial charge < -0.3 is 10.6 Å². The Labute approximate surface area is 108 Å². The first-order chi connectivity index (χ1) is 8.75. The van der Waals surface area contributed by atoms with Crippen molar-refractivity contribution in [2.24, 2.45) is 5.92 Å². The minimum Gasteiger partial charge on any atom is -0.353 e. The first-order valence-corrected chi connectivity index (χ1v) is 6.84. The van der Waals surface area contributed by atoms with E-state index in [2.05, 4.69) is 29.7 Å². The van der Waals surface area contributed by atoms with E-state index in [-0.39, 0.29) is 11.8 Å². The van der Waals surface area contributed by atoms with Crippen LogP contribution in [-0.4, -0.2) is 18.5 Å².